The van der Waals surface area contributed by atoms with Crippen molar-refractivity contribution in [3.05, 3.63) is 71.4 Å². The van der Waals surface area contributed by atoms with E-state index in [4.69, 9.17) is 4.52 Å². The first-order chi connectivity index (χ1) is 14.2. The molecule has 1 aliphatic heterocycles. The second-order valence-electron chi connectivity index (χ2n) is 6.88. The quantitative estimate of drug-likeness (QED) is 0.521. The number of rotatable bonds is 4. The lowest BCUT2D eigenvalue weighted by atomic mass is 10.00. The first kappa shape index (κ1) is 17.2. The van der Waals surface area contributed by atoms with Crippen LogP contribution < -0.4 is 5.56 Å². The van der Waals surface area contributed by atoms with E-state index in [0.717, 1.165) is 5.56 Å². The molecule has 9 nitrogen and oxygen atoms in total. The zero-order valence-electron chi connectivity index (χ0n) is 15.3. The molecule has 9 heteroatoms. The third kappa shape index (κ3) is 3.16. The van der Waals surface area contributed by atoms with Crippen molar-refractivity contribution in [1.29, 1.82) is 0 Å². The fourth-order valence-electron chi connectivity index (χ4n) is 3.32. The van der Waals surface area contributed by atoms with Crippen LogP contribution in [0.5, 0.6) is 0 Å². The molecule has 0 unspecified atom stereocenters. The number of aromatic nitrogens is 5. The van der Waals surface area contributed by atoms with Crippen LogP contribution in [0.2, 0.25) is 0 Å². The monoisotopic (exact) mass is 388 g/mol. The van der Waals surface area contributed by atoms with Gasteiger partial charge in [-0.15, -0.1) is 0 Å². The summed E-state index contributed by atoms with van der Waals surface area (Å²) in [5, 5.41) is 4.50. The Hall–Kier alpha value is -3.88. The van der Waals surface area contributed by atoms with Gasteiger partial charge in [-0.1, -0.05) is 17.3 Å². The van der Waals surface area contributed by atoms with Crippen LogP contribution in [-0.4, -0.2) is 48.6 Å². The molecule has 4 aromatic rings. The Bertz CT molecular complexity index is 1240. The number of carbonyl (C=O) groups is 1. The highest BCUT2D eigenvalue weighted by molar-refractivity contribution is 5.79. The molecule has 0 atom stereocenters. The molecule has 0 radical (unpaired) electrons. The van der Waals surface area contributed by atoms with Gasteiger partial charge in [-0.25, -0.2) is 4.98 Å². The van der Waals surface area contributed by atoms with E-state index in [-0.39, 0.29) is 23.9 Å². The maximum atomic E-state index is 12.6. The lowest BCUT2D eigenvalue weighted by molar-refractivity contribution is -0.136. The standard InChI is InChI=1S/C20H16N6O3/c27-17(11-26-12-22-16-4-2-1-3-15(16)20(26)28)25-9-14(10-25)19-23-18(24-29-19)13-5-7-21-8-6-13/h1-8,12,14H,9-11H2. The zero-order valence-corrected chi connectivity index (χ0v) is 15.3. The van der Waals surface area contributed by atoms with Gasteiger partial charge >= 0.3 is 0 Å². The first-order valence-electron chi connectivity index (χ1n) is 9.15. The number of fused-ring (bicyclic) bond motifs is 1. The van der Waals surface area contributed by atoms with E-state index in [9.17, 15) is 9.59 Å². The van der Waals surface area contributed by atoms with Crippen molar-refractivity contribution in [1.82, 2.24) is 29.6 Å². The summed E-state index contributed by atoms with van der Waals surface area (Å²) >= 11 is 0. The summed E-state index contributed by atoms with van der Waals surface area (Å²) in [5.41, 5.74) is 1.22. The summed E-state index contributed by atoms with van der Waals surface area (Å²) in [5.74, 6) is 0.856. The van der Waals surface area contributed by atoms with Crippen molar-refractivity contribution < 1.29 is 9.32 Å². The zero-order chi connectivity index (χ0) is 19.8. The highest BCUT2D eigenvalue weighted by atomic mass is 16.5. The number of nitrogens with zero attached hydrogens (tertiary/aromatic N) is 6. The Morgan fingerprint density at radius 2 is 1.93 bits per heavy atom. The van der Waals surface area contributed by atoms with Crippen LogP contribution in [0.1, 0.15) is 11.8 Å². The van der Waals surface area contributed by atoms with E-state index in [1.807, 2.05) is 6.07 Å². The largest absolute Gasteiger partial charge is 0.339 e. The molecule has 0 N–H and O–H groups in total. The van der Waals surface area contributed by atoms with Crippen LogP contribution in [0.3, 0.4) is 0 Å². The Morgan fingerprint density at radius 1 is 1.14 bits per heavy atom. The highest BCUT2D eigenvalue weighted by Crippen LogP contribution is 2.27. The maximum absolute atomic E-state index is 12.6. The Balaban J connectivity index is 1.25. The number of para-hydroxylation sites is 1. The summed E-state index contributed by atoms with van der Waals surface area (Å²) in [6, 6.07) is 10.7. The van der Waals surface area contributed by atoms with E-state index < -0.39 is 0 Å². The predicted molar refractivity (Wildman–Crippen MR) is 103 cm³/mol. The van der Waals surface area contributed by atoms with E-state index >= 15 is 0 Å². The van der Waals surface area contributed by atoms with Crippen LogP contribution in [0, 0.1) is 0 Å². The summed E-state index contributed by atoms with van der Waals surface area (Å²) in [7, 11) is 0. The van der Waals surface area contributed by atoms with Gasteiger partial charge < -0.3 is 9.42 Å². The van der Waals surface area contributed by atoms with Gasteiger partial charge in [0.15, 0.2) is 0 Å². The molecule has 4 heterocycles. The van der Waals surface area contributed by atoms with Crippen LogP contribution in [0.25, 0.3) is 22.3 Å². The number of pyridine rings is 1. The molecule has 0 spiro atoms. The summed E-state index contributed by atoms with van der Waals surface area (Å²) in [4.78, 5) is 39.4. The lowest BCUT2D eigenvalue weighted by Gasteiger charge is -2.37. The first-order valence-corrected chi connectivity index (χ1v) is 9.15. The molecule has 1 saturated heterocycles. The Morgan fingerprint density at radius 3 is 2.76 bits per heavy atom. The van der Waals surface area contributed by atoms with E-state index in [0.29, 0.717) is 35.7 Å². The molecular formula is C20H16N6O3. The molecule has 5 rings (SSSR count). The van der Waals surface area contributed by atoms with Crippen molar-refractivity contribution in [3.8, 4) is 11.4 Å². The predicted octanol–water partition coefficient (Wildman–Crippen LogP) is 1.47. The molecule has 1 aromatic carbocycles. The highest BCUT2D eigenvalue weighted by Gasteiger charge is 2.35. The van der Waals surface area contributed by atoms with Crippen LogP contribution in [0.15, 0.2) is 64.4 Å². The Kier molecular flexibility index (Phi) is 4.12. The van der Waals surface area contributed by atoms with Crippen molar-refractivity contribution in [3.63, 3.8) is 0 Å². The van der Waals surface area contributed by atoms with E-state index in [1.54, 1.807) is 47.6 Å². The van der Waals surface area contributed by atoms with Gasteiger partial charge in [-0.2, -0.15) is 4.98 Å². The van der Waals surface area contributed by atoms with Crippen molar-refractivity contribution in [2.75, 3.05) is 13.1 Å². The van der Waals surface area contributed by atoms with Gasteiger partial charge in [-0.3, -0.25) is 19.1 Å². The molecule has 1 amide bonds. The molecule has 1 fully saturated rings. The van der Waals surface area contributed by atoms with Gasteiger partial charge in [-0.05, 0) is 24.3 Å². The van der Waals surface area contributed by atoms with Gasteiger partial charge in [0, 0.05) is 31.0 Å². The van der Waals surface area contributed by atoms with Crippen molar-refractivity contribution in [2.45, 2.75) is 12.5 Å². The smallest absolute Gasteiger partial charge is 0.261 e. The summed E-state index contributed by atoms with van der Waals surface area (Å²) in [6.45, 7) is 0.911. The van der Waals surface area contributed by atoms with Crippen LogP contribution >= 0.6 is 0 Å². The summed E-state index contributed by atoms with van der Waals surface area (Å²) < 4.78 is 6.69. The molecular weight excluding hydrogens is 372 g/mol. The minimum Gasteiger partial charge on any atom is -0.339 e. The summed E-state index contributed by atoms with van der Waals surface area (Å²) in [6.07, 6.45) is 4.75. The molecule has 3 aromatic heterocycles. The average Bonchev–Trinajstić information content (AvgIpc) is 3.19. The second-order valence-corrected chi connectivity index (χ2v) is 6.88. The maximum Gasteiger partial charge on any atom is 0.261 e. The molecule has 29 heavy (non-hydrogen) atoms. The average molecular weight is 388 g/mol. The van der Waals surface area contributed by atoms with Gasteiger partial charge in [0.05, 0.1) is 23.1 Å². The lowest BCUT2D eigenvalue weighted by Crippen LogP contribution is -2.50. The van der Waals surface area contributed by atoms with Crippen LogP contribution in [-0.2, 0) is 11.3 Å². The normalized spacial score (nSPS) is 14.1. The second kappa shape index (κ2) is 6.93. The number of hydrogen-bond donors (Lipinski definition) is 0. The van der Waals surface area contributed by atoms with E-state index in [1.165, 1.54) is 10.9 Å². The molecule has 0 aliphatic carbocycles. The fraction of sp³-hybridized carbons (Fsp3) is 0.200. The molecule has 1 aliphatic rings. The van der Waals surface area contributed by atoms with Gasteiger partial charge in [0.25, 0.3) is 5.56 Å². The van der Waals surface area contributed by atoms with Crippen molar-refractivity contribution >= 4 is 16.8 Å². The molecule has 144 valence electrons. The molecule has 0 saturated carbocycles. The minimum absolute atomic E-state index is 0.00603. The SMILES string of the molecule is O=C(Cn1cnc2ccccc2c1=O)N1CC(c2nc(-c3ccncc3)no2)C1. The van der Waals surface area contributed by atoms with Crippen molar-refractivity contribution in [2.24, 2.45) is 0 Å². The number of hydrogen-bond acceptors (Lipinski definition) is 7. The van der Waals surface area contributed by atoms with Gasteiger partial charge in [0.2, 0.25) is 17.6 Å². The molecule has 0 bridgehead atoms. The minimum atomic E-state index is -0.222. The number of amides is 1. The number of carbonyl (C=O) groups excluding carboxylic acids is 1. The Labute approximate surface area is 164 Å². The topological polar surface area (TPSA) is 107 Å². The van der Waals surface area contributed by atoms with Crippen LogP contribution in [0.4, 0.5) is 0 Å². The van der Waals surface area contributed by atoms with Gasteiger partial charge in [0.1, 0.15) is 6.54 Å². The van der Waals surface area contributed by atoms with E-state index in [2.05, 4.69) is 20.1 Å². The third-order valence-electron chi connectivity index (χ3n) is 5.00. The fourth-order valence-corrected chi connectivity index (χ4v) is 3.32. The number of benzene rings is 1. The number of likely N-dealkylation sites (tertiary alicyclic amines) is 1. The third-order valence-corrected chi connectivity index (χ3v) is 5.00.